The predicted octanol–water partition coefficient (Wildman–Crippen LogP) is 5.66. The zero-order chi connectivity index (χ0) is 37.4. The first-order chi connectivity index (χ1) is 25.5. The van der Waals surface area contributed by atoms with Crippen molar-refractivity contribution in [1.82, 2.24) is 20.1 Å². The molecule has 3 amide bonds. The predicted molar refractivity (Wildman–Crippen MR) is 209 cm³/mol. The monoisotopic (exact) mass is 713 g/mol. The van der Waals surface area contributed by atoms with E-state index < -0.39 is 18.4 Å². The van der Waals surface area contributed by atoms with E-state index in [9.17, 15) is 14.7 Å². The lowest BCUT2D eigenvalue weighted by Gasteiger charge is -2.44. The van der Waals surface area contributed by atoms with Crippen LogP contribution in [0.15, 0.2) is 105 Å². The number of hydrogen-bond donors (Lipinski definition) is 3. The highest BCUT2D eigenvalue weighted by Crippen LogP contribution is 2.34. The van der Waals surface area contributed by atoms with Crippen molar-refractivity contribution in [3.63, 3.8) is 0 Å². The molecule has 0 spiro atoms. The molecule has 2 aromatic carbocycles. The number of fused-ring (bicyclic) bond motifs is 2. The molecule has 3 aromatic rings. The summed E-state index contributed by atoms with van der Waals surface area (Å²) in [7, 11) is 1.77. The number of pyridine rings is 1. The molecule has 7 rings (SSSR count). The third kappa shape index (κ3) is 7.42. The lowest BCUT2D eigenvalue weighted by Crippen LogP contribution is -2.58. The first-order valence-electron chi connectivity index (χ1n) is 18.2. The van der Waals surface area contributed by atoms with Crippen LogP contribution < -0.4 is 15.5 Å². The summed E-state index contributed by atoms with van der Waals surface area (Å²) in [5.41, 5.74) is 7.36. The van der Waals surface area contributed by atoms with Crippen molar-refractivity contribution < 1.29 is 14.7 Å². The molecule has 0 bridgehead atoms. The Morgan fingerprint density at radius 2 is 1.81 bits per heavy atom. The van der Waals surface area contributed by atoms with Crippen LogP contribution in [0.2, 0.25) is 0 Å². The van der Waals surface area contributed by atoms with Gasteiger partial charge in [-0.3, -0.25) is 25.0 Å². The van der Waals surface area contributed by atoms with Gasteiger partial charge in [-0.05, 0) is 68.5 Å². The average molecular weight is 714 g/mol. The Kier molecular flexibility index (Phi) is 10.1. The Morgan fingerprint density at radius 3 is 2.55 bits per heavy atom. The Morgan fingerprint density at radius 1 is 1.02 bits per heavy atom. The van der Waals surface area contributed by atoms with Gasteiger partial charge in [-0.1, -0.05) is 62.4 Å². The van der Waals surface area contributed by atoms with Gasteiger partial charge in [-0.15, -0.1) is 0 Å². The standard InChI is InChI=1S/C41H47N9O3/c1-24(2)22-49-35-18-29(14-17-33(35)36(44-27(5)39(49)52)28-10-8-7-9-11-28)38(51)45-31-15-12-25(3)34(19-31)50-23-30-20-43-40(47-37(30)48(6)41(50)53)46-32-16-13-26(4)42-21-32/h7-14,16-21,24,27,30-31,37-38,45,51H,15,22-23H2,1-6H3,(H,46,47)/t27-,30?,31?,37?,38?/m0/s1. The van der Waals surface area contributed by atoms with E-state index in [0.29, 0.717) is 31.0 Å². The fourth-order valence-electron chi connectivity index (χ4n) is 7.24. The van der Waals surface area contributed by atoms with Crippen molar-refractivity contribution >= 4 is 41.2 Å². The summed E-state index contributed by atoms with van der Waals surface area (Å²) in [5, 5.41) is 18.2. The van der Waals surface area contributed by atoms with Crippen molar-refractivity contribution in [2.24, 2.45) is 26.8 Å². The molecule has 53 heavy (non-hydrogen) atoms. The van der Waals surface area contributed by atoms with Crippen LogP contribution in [0.3, 0.4) is 0 Å². The van der Waals surface area contributed by atoms with Crippen molar-refractivity contribution in [2.45, 2.75) is 65.5 Å². The maximum absolute atomic E-state index is 13.9. The van der Waals surface area contributed by atoms with E-state index in [1.807, 2.05) is 98.6 Å². The Labute approximate surface area is 310 Å². The van der Waals surface area contributed by atoms with Crippen LogP contribution in [0.25, 0.3) is 0 Å². The number of aryl methyl sites for hydroxylation is 1. The van der Waals surface area contributed by atoms with Crippen molar-refractivity contribution in [2.75, 3.05) is 30.4 Å². The Balaban J connectivity index is 1.11. The highest BCUT2D eigenvalue weighted by molar-refractivity contribution is 6.20. The van der Waals surface area contributed by atoms with Crippen LogP contribution in [0.5, 0.6) is 0 Å². The van der Waals surface area contributed by atoms with Gasteiger partial charge >= 0.3 is 6.03 Å². The van der Waals surface area contributed by atoms with Crippen LogP contribution in [-0.4, -0.2) is 88.1 Å². The van der Waals surface area contributed by atoms with Gasteiger partial charge in [0.15, 0.2) is 0 Å². The van der Waals surface area contributed by atoms with E-state index >= 15 is 0 Å². The van der Waals surface area contributed by atoms with Gasteiger partial charge in [0, 0.05) is 54.9 Å². The molecule has 4 aliphatic rings. The van der Waals surface area contributed by atoms with E-state index in [1.54, 1.807) is 23.0 Å². The third-order valence-electron chi connectivity index (χ3n) is 10.0. The number of benzodiazepines with no additional fused rings is 1. The maximum atomic E-state index is 13.9. The van der Waals surface area contributed by atoms with Gasteiger partial charge in [0.25, 0.3) is 5.91 Å². The second-order valence-electron chi connectivity index (χ2n) is 14.6. The molecule has 12 nitrogen and oxygen atoms in total. The average Bonchev–Trinajstić information content (AvgIpc) is 3.25. The fourth-order valence-corrected chi connectivity index (χ4v) is 7.24. The lowest BCUT2D eigenvalue weighted by molar-refractivity contribution is -0.119. The number of guanidine groups is 1. The van der Waals surface area contributed by atoms with E-state index in [1.165, 1.54) is 0 Å². The molecule has 274 valence electrons. The summed E-state index contributed by atoms with van der Waals surface area (Å²) in [6, 6.07) is 18.5. The van der Waals surface area contributed by atoms with Crippen LogP contribution >= 0.6 is 0 Å². The van der Waals surface area contributed by atoms with E-state index in [4.69, 9.17) is 9.98 Å². The lowest BCUT2D eigenvalue weighted by atomic mass is 9.95. The number of benzene rings is 2. The number of rotatable bonds is 8. The highest BCUT2D eigenvalue weighted by atomic mass is 16.3. The van der Waals surface area contributed by atoms with Crippen LogP contribution in [0, 0.1) is 18.8 Å². The second kappa shape index (κ2) is 14.9. The summed E-state index contributed by atoms with van der Waals surface area (Å²) >= 11 is 0. The minimum atomic E-state index is -1.04. The molecular formula is C41H47N9O3. The number of aliphatic imine (C=N–C) groups is 3. The van der Waals surface area contributed by atoms with E-state index in [0.717, 1.165) is 45.2 Å². The summed E-state index contributed by atoms with van der Waals surface area (Å²) in [5.74, 6) is 0.464. The number of carbonyl (C=O) groups excluding carboxylic acids is 2. The first kappa shape index (κ1) is 35.9. The number of aliphatic hydroxyl groups excluding tert-OH is 1. The number of carbonyl (C=O) groups is 2. The van der Waals surface area contributed by atoms with Crippen LogP contribution in [-0.2, 0) is 4.79 Å². The van der Waals surface area contributed by atoms with Crippen LogP contribution in [0.1, 0.15) is 62.7 Å². The van der Waals surface area contributed by atoms with E-state index in [-0.39, 0.29) is 29.8 Å². The quantitative estimate of drug-likeness (QED) is 0.258. The smallest absolute Gasteiger partial charge is 0.325 e. The molecule has 4 unspecified atom stereocenters. The number of allylic oxidation sites excluding steroid dienone is 1. The zero-order valence-electron chi connectivity index (χ0n) is 31.1. The minimum absolute atomic E-state index is 0.0749. The SMILES string of the molecule is CC1=CCC(NC(O)c2ccc3c(c2)N(CC(C)C)C(=O)[C@H](C)N=C3c2ccccc2)C=C1N1CC2C=NC(Nc3ccc(C)nc3)=NC2N(C)C1=O. The number of anilines is 2. The molecule has 1 saturated heterocycles. The van der Waals surface area contributed by atoms with Gasteiger partial charge in [-0.25, -0.2) is 14.8 Å². The van der Waals surface area contributed by atoms with Crippen molar-refractivity contribution in [3.05, 3.63) is 113 Å². The zero-order valence-corrected chi connectivity index (χ0v) is 31.1. The maximum Gasteiger partial charge on any atom is 0.325 e. The molecule has 5 atom stereocenters. The summed E-state index contributed by atoms with van der Waals surface area (Å²) in [4.78, 5) is 51.4. The molecule has 0 radical (unpaired) electrons. The topological polar surface area (TPSA) is 138 Å². The number of aliphatic hydroxyl groups is 1. The van der Waals surface area contributed by atoms with Gasteiger partial charge in [-0.2, -0.15) is 0 Å². The van der Waals surface area contributed by atoms with E-state index in [2.05, 4.69) is 40.5 Å². The third-order valence-corrected chi connectivity index (χ3v) is 10.0. The number of nitrogens with one attached hydrogen (secondary N) is 2. The van der Waals surface area contributed by atoms with Gasteiger partial charge in [0.2, 0.25) is 5.96 Å². The molecule has 3 aliphatic heterocycles. The Bertz CT molecular complexity index is 2030. The number of aromatic nitrogens is 1. The first-order valence-corrected chi connectivity index (χ1v) is 18.2. The second-order valence-corrected chi connectivity index (χ2v) is 14.6. The fraction of sp³-hybridized carbons (Fsp3) is 0.366. The molecule has 1 aromatic heterocycles. The molecule has 12 heteroatoms. The normalized spacial score (nSPS) is 23.4. The summed E-state index contributed by atoms with van der Waals surface area (Å²) in [6.45, 7) is 10.9. The number of amides is 3. The molecular weight excluding hydrogens is 667 g/mol. The molecule has 0 saturated carbocycles. The summed E-state index contributed by atoms with van der Waals surface area (Å²) in [6.07, 6.45) is 6.90. The largest absolute Gasteiger partial charge is 0.374 e. The number of urea groups is 1. The number of hydrogen-bond acceptors (Lipinski definition) is 9. The molecule has 4 heterocycles. The summed E-state index contributed by atoms with van der Waals surface area (Å²) < 4.78 is 0. The van der Waals surface area contributed by atoms with Gasteiger partial charge in [0.1, 0.15) is 18.4 Å². The van der Waals surface area contributed by atoms with Crippen molar-refractivity contribution in [3.8, 4) is 0 Å². The van der Waals surface area contributed by atoms with Gasteiger partial charge in [0.05, 0.1) is 29.2 Å². The molecule has 3 N–H and O–H groups in total. The highest BCUT2D eigenvalue weighted by Gasteiger charge is 2.41. The van der Waals surface area contributed by atoms with Crippen molar-refractivity contribution in [1.29, 1.82) is 0 Å². The van der Waals surface area contributed by atoms with Crippen LogP contribution in [0.4, 0.5) is 16.2 Å². The molecule has 1 fully saturated rings. The number of nitrogens with zero attached hydrogens (tertiary/aromatic N) is 7. The molecule has 1 aliphatic carbocycles. The Hall–Kier alpha value is -5.46. The van der Waals surface area contributed by atoms with Gasteiger partial charge < -0.3 is 20.2 Å². The minimum Gasteiger partial charge on any atom is -0.374 e.